The summed E-state index contributed by atoms with van der Waals surface area (Å²) in [6.07, 6.45) is 6.64. The van der Waals surface area contributed by atoms with E-state index in [0.717, 1.165) is 5.69 Å². The lowest BCUT2D eigenvalue weighted by molar-refractivity contribution is 0.102. The van der Waals surface area contributed by atoms with Crippen molar-refractivity contribution in [3.8, 4) is 17.3 Å². The summed E-state index contributed by atoms with van der Waals surface area (Å²) in [5.41, 5.74) is 1.90. The maximum absolute atomic E-state index is 12.6. The Balaban J connectivity index is 1.44. The van der Waals surface area contributed by atoms with E-state index in [4.69, 9.17) is 9.47 Å². The van der Waals surface area contributed by atoms with E-state index >= 15 is 0 Å². The van der Waals surface area contributed by atoms with Crippen molar-refractivity contribution < 1.29 is 14.3 Å². The fourth-order valence-corrected chi connectivity index (χ4v) is 2.88. The number of hydrogen-bond donors (Lipinski definition) is 2. The fourth-order valence-electron chi connectivity index (χ4n) is 2.88. The molecule has 2 aromatic carbocycles. The lowest BCUT2D eigenvalue weighted by Gasteiger charge is -2.11. The number of nitrogens with zero attached hydrogens (tertiary/aromatic N) is 4. The third-order valence-corrected chi connectivity index (χ3v) is 4.45. The van der Waals surface area contributed by atoms with Crippen LogP contribution < -0.4 is 20.1 Å². The van der Waals surface area contributed by atoms with Crippen LogP contribution in [0.2, 0.25) is 0 Å². The van der Waals surface area contributed by atoms with Crippen LogP contribution in [0.3, 0.4) is 0 Å². The summed E-state index contributed by atoms with van der Waals surface area (Å²) in [5, 5.41) is 6.08. The van der Waals surface area contributed by atoms with Gasteiger partial charge >= 0.3 is 0 Å². The number of methoxy groups -OCH3 is 2. The first kappa shape index (κ1) is 19.9. The molecule has 0 unspecified atom stereocenters. The Morgan fingerprint density at radius 3 is 2.29 bits per heavy atom. The van der Waals surface area contributed by atoms with Gasteiger partial charge in [0, 0.05) is 41.5 Å². The van der Waals surface area contributed by atoms with Crippen LogP contribution in [0, 0.1) is 0 Å². The number of nitrogens with one attached hydrogen (secondary N) is 2. The second kappa shape index (κ2) is 8.95. The number of benzene rings is 2. The Labute approximate surface area is 178 Å². The molecule has 1 amide bonds. The molecule has 0 fully saturated rings. The van der Waals surface area contributed by atoms with Gasteiger partial charge in [0.25, 0.3) is 5.91 Å². The van der Waals surface area contributed by atoms with Crippen LogP contribution in [0.5, 0.6) is 11.5 Å². The number of carbonyl (C=O) groups is 1. The number of amides is 1. The normalized spacial score (nSPS) is 10.4. The smallest absolute Gasteiger partial charge is 0.255 e. The number of imidazole rings is 1. The Morgan fingerprint density at radius 1 is 0.935 bits per heavy atom. The molecule has 156 valence electrons. The van der Waals surface area contributed by atoms with Crippen molar-refractivity contribution in [2.45, 2.75) is 0 Å². The van der Waals surface area contributed by atoms with Crippen LogP contribution in [0.1, 0.15) is 10.4 Å². The van der Waals surface area contributed by atoms with Gasteiger partial charge in [-0.05, 0) is 36.4 Å². The van der Waals surface area contributed by atoms with E-state index in [9.17, 15) is 4.79 Å². The highest BCUT2D eigenvalue weighted by molar-refractivity contribution is 6.04. The van der Waals surface area contributed by atoms with E-state index in [0.29, 0.717) is 34.4 Å². The molecule has 9 nitrogen and oxygen atoms in total. The van der Waals surface area contributed by atoms with Crippen molar-refractivity contribution >= 4 is 23.1 Å². The molecule has 2 aromatic heterocycles. The van der Waals surface area contributed by atoms with Crippen LogP contribution in [0.15, 0.2) is 73.6 Å². The number of hydrogen-bond acceptors (Lipinski definition) is 7. The second-order valence-electron chi connectivity index (χ2n) is 6.49. The molecule has 0 aliphatic rings. The zero-order valence-electron chi connectivity index (χ0n) is 16.9. The molecule has 2 heterocycles. The molecule has 0 bridgehead atoms. The summed E-state index contributed by atoms with van der Waals surface area (Å²) in [6, 6.07) is 14.1. The van der Waals surface area contributed by atoms with E-state index in [-0.39, 0.29) is 5.91 Å². The topological polar surface area (TPSA) is 103 Å². The lowest BCUT2D eigenvalue weighted by Crippen LogP contribution is -2.12. The maximum Gasteiger partial charge on any atom is 0.255 e. The van der Waals surface area contributed by atoms with E-state index in [2.05, 4.69) is 25.6 Å². The van der Waals surface area contributed by atoms with Gasteiger partial charge < -0.3 is 20.1 Å². The average Bonchev–Trinajstić information content (AvgIpc) is 3.35. The number of rotatable bonds is 7. The number of aromatic nitrogens is 4. The molecule has 0 radical (unpaired) electrons. The number of anilines is 3. The summed E-state index contributed by atoms with van der Waals surface area (Å²) < 4.78 is 12.2. The molecule has 2 N–H and O–H groups in total. The van der Waals surface area contributed by atoms with Crippen molar-refractivity contribution in [2.75, 3.05) is 24.9 Å². The van der Waals surface area contributed by atoms with E-state index in [1.165, 1.54) is 20.5 Å². The Bertz CT molecular complexity index is 1150. The molecule has 0 saturated carbocycles. The summed E-state index contributed by atoms with van der Waals surface area (Å²) in [6.45, 7) is 0. The van der Waals surface area contributed by atoms with E-state index in [1.54, 1.807) is 47.4 Å². The van der Waals surface area contributed by atoms with Crippen molar-refractivity contribution in [1.82, 2.24) is 19.5 Å². The van der Waals surface area contributed by atoms with Gasteiger partial charge in [-0.3, -0.25) is 9.36 Å². The Kier molecular flexibility index (Phi) is 5.75. The highest BCUT2D eigenvalue weighted by Crippen LogP contribution is 2.24. The van der Waals surface area contributed by atoms with E-state index < -0.39 is 0 Å². The number of carbonyl (C=O) groups excluding carboxylic acids is 1. The summed E-state index contributed by atoms with van der Waals surface area (Å²) in [7, 11) is 3.08. The minimum atomic E-state index is -0.265. The van der Waals surface area contributed by atoms with Gasteiger partial charge in [-0.25, -0.2) is 15.0 Å². The van der Waals surface area contributed by atoms with Gasteiger partial charge in [0.2, 0.25) is 0 Å². The first-order valence-corrected chi connectivity index (χ1v) is 9.36. The number of ether oxygens (including phenoxy) is 2. The summed E-state index contributed by atoms with van der Waals surface area (Å²) in [5.74, 6) is 2.16. The van der Waals surface area contributed by atoms with E-state index in [1.807, 2.05) is 24.4 Å². The van der Waals surface area contributed by atoms with Crippen LogP contribution in [-0.2, 0) is 0 Å². The highest BCUT2D eigenvalue weighted by Gasteiger charge is 2.10. The summed E-state index contributed by atoms with van der Waals surface area (Å²) in [4.78, 5) is 25.1. The van der Waals surface area contributed by atoms with Crippen LogP contribution in [-0.4, -0.2) is 39.6 Å². The van der Waals surface area contributed by atoms with Crippen LogP contribution in [0.4, 0.5) is 17.2 Å². The first-order valence-electron chi connectivity index (χ1n) is 9.36. The molecule has 0 aliphatic carbocycles. The molecule has 0 spiro atoms. The van der Waals surface area contributed by atoms with Gasteiger partial charge in [-0.2, -0.15) is 0 Å². The zero-order chi connectivity index (χ0) is 21.6. The Hall–Kier alpha value is -4.40. The predicted octanol–water partition coefficient (Wildman–Crippen LogP) is 3.68. The molecule has 0 aliphatic heterocycles. The standard InChI is InChI=1S/C22H20N6O3/c1-30-18-9-15(10-19(11-18)31-2)22(29)27-17-5-3-16(4-6-17)26-20-12-21(25-13-24-20)28-8-7-23-14-28/h3-14H,1-2H3,(H,27,29)(H,24,25,26). The highest BCUT2D eigenvalue weighted by atomic mass is 16.5. The third-order valence-electron chi connectivity index (χ3n) is 4.45. The minimum Gasteiger partial charge on any atom is -0.497 e. The quantitative estimate of drug-likeness (QED) is 0.474. The molecule has 4 aromatic rings. The lowest BCUT2D eigenvalue weighted by atomic mass is 10.1. The van der Waals surface area contributed by atoms with Gasteiger partial charge in [0.05, 0.1) is 14.2 Å². The maximum atomic E-state index is 12.6. The van der Waals surface area contributed by atoms with Gasteiger partial charge in [-0.1, -0.05) is 0 Å². The van der Waals surface area contributed by atoms with Crippen molar-refractivity contribution in [2.24, 2.45) is 0 Å². The van der Waals surface area contributed by atoms with Crippen molar-refractivity contribution in [3.05, 3.63) is 79.1 Å². The molecular weight excluding hydrogens is 396 g/mol. The molecule has 0 atom stereocenters. The monoisotopic (exact) mass is 416 g/mol. The third kappa shape index (κ3) is 4.78. The first-order chi connectivity index (χ1) is 15.1. The van der Waals surface area contributed by atoms with Crippen molar-refractivity contribution in [1.29, 1.82) is 0 Å². The molecule has 4 rings (SSSR count). The van der Waals surface area contributed by atoms with Crippen molar-refractivity contribution in [3.63, 3.8) is 0 Å². The second-order valence-corrected chi connectivity index (χ2v) is 6.49. The summed E-state index contributed by atoms with van der Waals surface area (Å²) >= 11 is 0. The largest absolute Gasteiger partial charge is 0.497 e. The Morgan fingerprint density at radius 2 is 1.65 bits per heavy atom. The molecule has 9 heteroatoms. The molecule has 0 saturated heterocycles. The average molecular weight is 416 g/mol. The molecular formula is C22H20N6O3. The van der Waals surface area contributed by atoms with Gasteiger partial charge in [0.1, 0.15) is 35.8 Å². The van der Waals surface area contributed by atoms with Gasteiger partial charge in [0.15, 0.2) is 0 Å². The molecule has 31 heavy (non-hydrogen) atoms. The predicted molar refractivity (Wildman–Crippen MR) is 116 cm³/mol. The minimum absolute atomic E-state index is 0.265. The zero-order valence-corrected chi connectivity index (χ0v) is 16.9. The SMILES string of the molecule is COc1cc(OC)cc(C(=O)Nc2ccc(Nc3cc(-n4ccnc4)ncn3)cc2)c1. The van der Waals surface area contributed by atoms with Gasteiger partial charge in [-0.15, -0.1) is 0 Å². The van der Waals surface area contributed by atoms with Crippen LogP contribution in [0.25, 0.3) is 5.82 Å². The van der Waals surface area contributed by atoms with Crippen LogP contribution >= 0.6 is 0 Å². The fraction of sp³-hybridized carbons (Fsp3) is 0.0909.